The van der Waals surface area contributed by atoms with Crippen LogP contribution in [0.25, 0.3) is 4.85 Å². The van der Waals surface area contributed by atoms with Gasteiger partial charge in [-0.1, -0.05) is 41.9 Å². The first kappa shape index (κ1) is 14.2. The number of hydrazine groups is 1. The van der Waals surface area contributed by atoms with Crippen LogP contribution in [0.2, 0.25) is 5.02 Å². The molecule has 0 aliphatic heterocycles. The first-order valence-corrected chi connectivity index (χ1v) is 8.30. The van der Waals surface area contributed by atoms with Gasteiger partial charge in [0.05, 0.1) is 30.5 Å². The van der Waals surface area contributed by atoms with Crippen LogP contribution in [-0.2, 0) is 11.2 Å². The Morgan fingerprint density at radius 1 is 1.30 bits per heavy atom. The maximum absolute atomic E-state index is 12.6. The van der Waals surface area contributed by atoms with Crippen molar-refractivity contribution in [2.45, 2.75) is 26.4 Å². The van der Waals surface area contributed by atoms with Crippen LogP contribution in [0, 0.1) is 19.4 Å². The molecule has 6 nitrogen and oxygen atoms in total. The van der Waals surface area contributed by atoms with Crippen LogP contribution in [0.15, 0.2) is 42.3 Å². The lowest BCUT2D eigenvalue weighted by Crippen LogP contribution is -2.47. The average Bonchev–Trinajstić information content (AvgIpc) is 2.75. The lowest BCUT2D eigenvalue weighted by molar-refractivity contribution is -0.128. The van der Waals surface area contributed by atoms with Crippen molar-refractivity contribution >= 4 is 29.1 Å². The average molecular weight is 391 g/mol. The summed E-state index contributed by atoms with van der Waals surface area (Å²) < 4.78 is 38.4. The zero-order valence-electron chi connectivity index (χ0n) is 19.6. The summed E-state index contributed by atoms with van der Waals surface area (Å²) in [7, 11) is 0. The number of aliphatic hydroxyl groups excluding tert-OH is 1. The summed E-state index contributed by atoms with van der Waals surface area (Å²) in [6.07, 6.45) is -1.07. The van der Waals surface area contributed by atoms with Crippen molar-refractivity contribution in [1.29, 1.82) is 0 Å². The molecule has 2 atom stereocenters. The number of hydrogen-bond donors (Lipinski definition) is 3. The summed E-state index contributed by atoms with van der Waals surface area (Å²) in [4.78, 5) is 28.4. The van der Waals surface area contributed by atoms with Gasteiger partial charge in [-0.05, 0) is 43.5 Å². The van der Waals surface area contributed by atoms with Gasteiger partial charge < -0.3 is 5.11 Å². The molecular formula is C20H20ClN3O3. The van der Waals surface area contributed by atoms with Gasteiger partial charge in [0.15, 0.2) is 0 Å². The lowest BCUT2D eigenvalue weighted by atomic mass is 9.91. The standard InChI is InChI=1S/C20H20ClN3O3/c1-12-15(9-10-17(22-3)18(12)21)11-16(13(2)25)20(27)24-23-19(26)14-7-5-4-6-8-14/h4-10,13,16,25H,11H2,1-2H3,(H,23,26)(H,24,27)/t13-,16+/m0/s1/i4D,5D,6D,7D,8D. The number of carbonyl (C=O) groups is 2. The highest BCUT2D eigenvalue weighted by molar-refractivity contribution is 6.34. The van der Waals surface area contributed by atoms with E-state index in [4.69, 9.17) is 25.0 Å². The van der Waals surface area contributed by atoms with Crippen LogP contribution >= 0.6 is 11.6 Å². The van der Waals surface area contributed by atoms with Gasteiger partial charge in [0, 0.05) is 5.56 Å². The third kappa shape index (κ3) is 5.07. The first-order chi connectivity index (χ1) is 14.9. The third-order valence-corrected chi connectivity index (χ3v) is 4.46. The summed E-state index contributed by atoms with van der Waals surface area (Å²) in [6.45, 7) is 10.2. The monoisotopic (exact) mass is 390 g/mol. The number of halogens is 1. The Kier molecular flexibility index (Phi) is 4.83. The first-order valence-electron chi connectivity index (χ1n) is 10.4. The van der Waals surface area contributed by atoms with Gasteiger partial charge in [0.1, 0.15) is 0 Å². The smallest absolute Gasteiger partial charge is 0.269 e. The van der Waals surface area contributed by atoms with Crippen LogP contribution in [0.1, 0.15) is 35.3 Å². The minimum absolute atomic E-state index is 0.0534. The fourth-order valence-corrected chi connectivity index (χ4v) is 2.60. The Morgan fingerprint density at radius 2 is 1.96 bits per heavy atom. The molecule has 7 heteroatoms. The van der Waals surface area contributed by atoms with E-state index in [0.717, 1.165) is 0 Å². The summed E-state index contributed by atoms with van der Waals surface area (Å²) in [5.74, 6) is -2.87. The Bertz CT molecular complexity index is 1110. The minimum Gasteiger partial charge on any atom is -0.393 e. The van der Waals surface area contributed by atoms with Crippen LogP contribution in [0.4, 0.5) is 5.69 Å². The number of nitrogens with zero attached hydrogens (tertiary/aromatic N) is 1. The molecule has 0 saturated carbocycles. The van der Waals surface area contributed by atoms with Crippen molar-refractivity contribution in [3.63, 3.8) is 0 Å². The minimum atomic E-state index is -1.12. The molecular weight excluding hydrogens is 366 g/mol. The maximum Gasteiger partial charge on any atom is 0.269 e. The molecule has 27 heavy (non-hydrogen) atoms. The molecule has 0 spiro atoms. The molecule has 0 unspecified atom stereocenters. The zero-order chi connectivity index (χ0) is 24.3. The molecule has 3 N–H and O–H groups in total. The molecule has 2 aromatic carbocycles. The quantitative estimate of drug-likeness (QED) is 0.541. The van der Waals surface area contributed by atoms with Crippen molar-refractivity contribution in [2.75, 3.05) is 0 Å². The van der Waals surface area contributed by atoms with Crippen LogP contribution in [0.3, 0.4) is 0 Å². The fourth-order valence-electron chi connectivity index (χ4n) is 2.37. The van der Waals surface area contributed by atoms with Gasteiger partial charge in [-0.3, -0.25) is 20.4 Å². The third-order valence-electron chi connectivity index (χ3n) is 3.98. The van der Waals surface area contributed by atoms with E-state index in [1.807, 2.05) is 5.43 Å². The summed E-state index contributed by atoms with van der Waals surface area (Å²) in [5, 5.41) is 10.3. The zero-order valence-corrected chi connectivity index (χ0v) is 15.4. The SMILES string of the molecule is [2H]c1c([2H])c([2H])c(C(=O)NNC(=O)[C@H](Cc2ccc([N+]#[C-])c(Cl)c2C)[C@H](C)O)c([2H])c1[2H]. The number of aliphatic hydroxyl groups is 1. The van der Waals surface area contributed by atoms with Crippen molar-refractivity contribution in [3.05, 3.63) is 75.5 Å². The van der Waals surface area contributed by atoms with Crippen molar-refractivity contribution in [1.82, 2.24) is 10.9 Å². The van der Waals surface area contributed by atoms with Crippen LogP contribution in [0.5, 0.6) is 0 Å². The van der Waals surface area contributed by atoms with E-state index in [1.165, 1.54) is 13.0 Å². The largest absolute Gasteiger partial charge is 0.393 e. The Hall–Kier alpha value is -2.88. The topological polar surface area (TPSA) is 82.8 Å². The second kappa shape index (κ2) is 9.17. The Labute approximate surface area is 170 Å². The molecule has 0 radical (unpaired) electrons. The number of hydrogen-bond acceptors (Lipinski definition) is 3. The molecule has 2 amide bonds. The van der Waals surface area contributed by atoms with Gasteiger partial charge in [-0.2, -0.15) is 0 Å². The van der Waals surface area contributed by atoms with Crippen molar-refractivity contribution in [2.24, 2.45) is 5.92 Å². The lowest BCUT2D eigenvalue weighted by Gasteiger charge is -2.21. The van der Waals surface area contributed by atoms with E-state index in [1.54, 1.807) is 13.0 Å². The number of amides is 2. The van der Waals surface area contributed by atoms with E-state index in [-0.39, 0.29) is 17.1 Å². The maximum atomic E-state index is 12.6. The molecule has 0 saturated heterocycles. The molecule has 140 valence electrons. The van der Waals surface area contributed by atoms with E-state index in [2.05, 4.69) is 10.3 Å². The number of rotatable bonds is 5. The summed E-state index contributed by atoms with van der Waals surface area (Å²) >= 11 is 6.16. The molecule has 0 heterocycles. The van der Waals surface area contributed by atoms with Crippen LogP contribution in [-0.4, -0.2) is 23.0 Å². The number of benzene rings is 2. The molecule has 0 aromatic heterocycles. The predicted octanol–water partition coefficient (Wildman–Crippen LogP) is 3.20. The van der Waals surface area contributed by atoms with Crippen molar-refractivity contribution < 1.29 is 21.5 Å². The summed E-state index contributed by atoms with van der Waals surface area (Å²) in [6, 6.07) is -0.288. The normalized spacial score (nSPS) is 15.1. The molecule has 2 rings (SSSR count). The highest BCUT2D eigenvalue weighted by atomic mass is 35.5. The van der Waals surface area contributed by atoms with Crippen molar-refractivity contribution in [3.8, 4) is 0 Å². The Morgan fingerprint density at radius 3 is 2.56 bits per heavy atom. The number of nitrogens with one attached hydrogen (secondary N) is 2. The summed E-state index contributed by atoms with van der Waals surface area (Å²) in [5.41, 5.74) is 5.02. The second-order valence-corrected chi connectivity index (χ2v) is 6.17. The molecule has 2 aromatic rings. The highest BCUT2D eigenvalue weighted by Crippen LogP contribution is 2.31. The second-order valence-electron chi connectivity index (χ2n) is 5.79. The fraction of sp³-hybridized carbons (Fsp3) is 0.250. The molecule has 0 bridgehead atoms. The number of carbonyl (C=O) groups excluding carboxylic acids is 2. The Balaban J connectivity index is 2.21. The van der Waals surface area contributed by atoms with Gasteiger partial charge in [-0.25, -0.2) is 4.85 Å². The van der Waals surface area contributed by atoms with E-state index in [0.29, 0.717) is 11.1 Å². The van der Waals surface area contributed by atoms with Gasteiger partial charge in [-0.15, -0.1) is 0 Å². The van der Waals surface area contributed by atoms with Crippen LogP contribution < -0.4 is 10.9 Å². The van der Waals surface area contributed by atoms with E-state index >= 15 is 0 Å². The predicted molar refractivity (Wildman–Crippen MR) is 103 cm³/mol. The van der Waals surface area contributed by atoms with Gasteiger partial charge in [0.2, 0.25) is 11.6 Å². The molecule has 0 aliphatic rings. The van der Waals surface area contributed by atoms with E-state index < -0.39 is 59.6 Å². The highest BCUT2D eigenvalue weighted by Gasteiger charge is 2.26. The van der Waals surface area contributed by atoms with E-state index in [9.17, 15) is 14.7 Å². The molecule has 0 aliphatic carbocycles. The molecule has 0 fully saturated rings. The van der Waals surface area contributed by atoms with Gasteiger partial charge in [0.25, 0.3) is 5.91 Å². The van der Waals surface area contributed by atoms with Gasteiger partial charge >= 0.3 is 0 Å².